The summed E-state index contributed by atoms with van der Waals surface area (Å²) in [6.07, 6.45) is 0. The average molecular weight is 644 g/mol. The SMILES string of the molecule is c1ccc(N(c2ccc(-c3ccc4oc5cc6ccccc6cc5c4c3)cc2)c2ccc(-c3cccc4c3sc3ccccc34)cc2)cc1. The van der Waals surface area contributed by atoms with Crippen molar-refractivity contribution < 1.29 is 4.42 Å². The van der Waals surface area contributed by atoms with Crippen LogP contribution in [0.1, 0.15) is 0 Å². The van der Waals surface area contributed by atoms with Crippen molar-refractivity contribution in [2.24, 2.45) is 0 Å². The normalized spacial score (nSPS) is 11.7. The number of hydrogen-bond donors (Lipinski definition) is 0. The molecule has 0 atom stereocenters. The largest absolute Gasteiger partial charge is 0.456 e. The third-order valence-corrected chi connectivity index (χ3v) is 10.9. The molecule has 0 spiro atoms. The Morgan fingerprint density at radius 3 is 1.80 bits per heavy atom. The lowest BCUT2D eigenvalue weighted by Crippen LogP contribution is -2.09. The smallest absolute Gasteiger partial charge is 0.136 e. The van der Waals surface area contributed by atoms with Gasteiger partial charge in [-0.1, -0.05) is 109 Å². The number of nitrogens with zero attached hydrogens (tertiary/aromatic N) is 1. The summed E-state index contributed by atoms with van der Waals surface area (Å²) in [4.78, 5) is 2.32. The molecule has 0 unspecified atom stereocenters. The second-order valence-corrected chi connectivity index (χ2v) is 13.6. The molecule has 0 radical (unpaired) electrons. The second-order valence-electron chi connectivity index (χ2n) is 12.6. The summed E-state index contributed by atoms with van der Waals surface area (Å²) in [7, 11) is 0. The molecule has 3 heteroatoms. The van der Waals surface area contributed by atoms with Crippen LogP contribution >= 0.6 is 11.3 Å². The second kappa shape index (κ2) is 11.2. The Balaban J connectivity index is 1.02. The van der Waals surface area contributed by atoms with Crippen LogP contribution in [0.4, 0.5) is 17.1 Å². The topological polar surface area (TPSA) is 16.4 Å². The van der Waals surface area contributed by atoms with E-state index in [1.165, 1.54) is 53.2 Å². The van der Waals surface area contributed by atoms with Crippen LogP contribution in [0.2, 0.25) is 0 Å². The highest BCUT2D eigenvalue weighted by atomic mass is 32.1. The number of fused-ring (bicyclic) bond motifs is 7. The van der Waals surface area contributed by atoms with Gasteiger partial charge in [0, 0.05) is 48.0 Å². The molecule has 2 aromatic heterocycles. The van der Waals surface area contributed by atoms with Crippen molar-refractivity contribution in [1.29, 1.82) is 0 Å². The minimum atomic E-state index is 0.910. The summed E-state index contributed by atoms with van der Waals surface area (Å²) in [5.74, 6) is 0. The van der Waals surface area contributed by atoms with Crippen LogP contribution in [0.5, 0.6) is 0 Å². The third kappa shape index (κ3) is 4.70. The van der Waals surface area contributed by atoms with E-state index in [1.54, 1.807) is 0 Å². The van der Waals surface area contributed by atoms with Gasteiger partial charge in [0.15, 0.2) is 0 Å². The Labute approximate surface area is 287 Å². The fourth-order valence-corrected chi connectivity index (χ4v) is 8.47. The highest BCUT2D eigenvalue weighted by Gasteiger charge is 2.15. The van der Waals surface area contributed by atoms with Crippen LogP contribution in [-0.4, -0.2) is 0 Å². The lowest BCUT2D eigenvalue weighted by Gasteiger charge is -2.26. The summed E-state index contributed by atoms with van der Waals surface area (Å²) in [5, 5.41) is 7.34. The van der Waals surface area contributed by atoms with E-state index in [9.17, 15) is 0 Å². The summed E-state index contributed by atoms with van der Waals surface area (Å²) in [6, 6.07) is 63.2. The molecule has 0 aliphatic heterocycles. The van der Waals surface area contributed by atoms with E-state index in [0.717, 1.165) is 39.0 Å². The van der Waals surface area contributed by atoms with Crippen molar-refractivity contribution in [3.63, 3.8) is 0 Å². The van der Waals surface area contributed by atoms with E-state index in [2.05, 4.69) is 181 Å². The van der Waals surface area contributed by atoms with E-state index < -0.39 is 0 Å². The van der Waals surface area contributed by atoms with Crippen LogP contribution < -0.4 is 4.90 Å². The molecule has 230 valence electrons. The summed E-state index contributed by atoms with van der Waals surface area (Å²) in [6.45, 7) is 0. The highest BCUT2D eigenvalue weighted by Crippen LogP contribution is 2.42. The molecule has 0 fully saturated rings. The first-order valence-electron chi connectivity index (χ1n) is 16.6. The Hall–Kier alpha value is -6.16. The van der Waals surface area contributed by atoms with Crippen molar-refractivity contribution in [3.05, 3.63) is 176 Å². The first-order valence-corrected chi connectivity index (χ1v) is 17.4. The minimum Gasteiger partial charge on any atom is -0.456 e. The molecule has 0 N–H and O–H groups in total. The van der Waals surface area contributed by atoms with E-state index >= 15 is 0 Å². The zero-order valence-electron chi connectivity index (χ0n) is 26.5. The molecular formula is C46H29NOS. The van der Waals surface area contributed by atoms with Crippen molar-refractivity contribution in [2.45, 2.75) is 0 Å². The molecule has 10 rings (SSSR count). The van der Waals surface area contributed by atoms with Crippen molar-refractivity contribution in [2.75, 3.05) is 4.90 Å². The average Bonchev–Trinajstić information content (AvgIpc) is 3.72. The molecule has 0 saturated heterocycles. The Kier molecular flexibility index (Phi) is 6.39. The third-order valence-electron chi connectivity index (χ3n) is 9.65. The molecule has 0 amide bonds. The number of hydrogen-bond acceptors (Lipinski definition) is 3. The van der Waals surface area contributed by atoms with Crippen LogP contribution in [0.15, 0.2) is 180 Å². The fourth-order valence-electron chi connectivity index (χ4n) is 7.23. The summed E-state index contributed by atoms with van der Waals surface area (Å²) >= 11 is 1.87. The van der Waals surface area contributed by atoms with Crippen molar-refractivity contribution >= 4 is 81.3 Å². The molecule has 8 aromatic carbocycles. The molecule has 0 aliphatic carbocycles. The predicted molar refractivity (Wildman–Crippen MR) is 210 cm³/mol. The maximum atomic E-state index is 6.27. The molecule has 0 aliphatic rings. The number of rotatable bonds is 5. The summed E-state index contributed by atoms with van der Waals surface area (Å²) < 4.78 is 8.93. The van der Waals surface area contributed by atoms with Gasteiger partial charge in [-0.25, -0.2) is 0 Å². The monoisotopic (exact) mass is 643 g/mol. The van der Waals surface area contributed by atoms with E-state index in [-0.39, 0.29) is 0 Å². The standard InChI is InChI=1S/C46H29NOS/c1-2-11-35(12-3-1)47(37-24-19-31(20-25-37)38-14-8-15-40-39-13-6-7-16-45(39)49-46(38)40)36-22-17-30(18-23-36)34-21-26-43-41(28-34)42-27-32-9-4-5-10-33(32)29-44(42)48-43/h1-29H. The van der Waals surface area contributed by atoms with E-state index in [4.69, 9.17) is 4.42 Å². The Bertz CT molecular complexity index is 2810. The molecule has 2 nitrogen and oxygen atoms in total. The van der Waals surface area contributed by atoms with Gasteiger partial charge in [-0.3, -0.25) is 0 Å². The van der Waals surface area contributed by atoms with Crippen LogP contribution in [0.25, 0.3) is 75.1 Å². The zero-order valence-corrected chi connectivity index (χ0v) is 27.3. The lowest BCUT2D eigenvalue weighted by molar-refractivity contribution is 0.669. The van der Waals surface area contributed by atoms with Gasteiger partial charge in [0.25, 0.3) is 0 Å². The van der Waals surface area contributed by atoms with Gasteiger partial charge in [-0.2, -0.15) is 0 Å². The van der Waals surface area contributed by atoms with Gasteiger partial charge >= 0.3 is 0 Å². The number of para-hydroxylation sites is 1. The number of anilines is 3. The summed E-state index contributed by atoms with van der Waals surface area (Å²) in [5.41, 5.74) is 10.0. The van der Waals surface area contributed by atoms with Crippen LogP contribution in [-0.2, 0) is 0 Å². The molecule has 0 bridgehead atoms. The molecule has 10 aromatic rings. The first-order chi connectivity index (χ1) is 24.3. The Morgan fingerprint density at radius 2 is 1.00 bits per heavy atom. The number of furan rings is 1. The number of benzene rings is 8. The molecular weight excluding hydrogens is 615 g/mol. The molecule has 2 heterocycles. The van der Waals surface area contributed by atoms with Crippen molar-refractivity contribution in [1.82, 2.24) is 0 Å². The van der Waals surface area contributed by atoms with Crippen LogP contribution in [0, 0.1) is 0 Å². The van der Waals surface area contributed by atoms with E-state index in [1.807, 2.05) is 11.3 Å². The maximum Gasteiger partial charge on any atom is 0.136 e. The van der Waals surface area contributed by atoms with Gasteiger partial charge in [0.1, 0.15) is 11.2 Å². The quantitative estimate of drug-likeness (QED) is 0.186. The van der Waals surface area contributed by atoms with Gasteiger partial charge in [-0.05, 0) is 99.8 Å². The van der Waals surface area contributed by atoms with E-state index in [0.29, 0.717) is 0 Å². The first kappa shape index (κ1) is 27.9. The minimum absolute atomic E-state index is 0.910. The highest BCUT2D eigenvalue weighted by molar-refractivity contribution is 7.26. The maximum absolute atomic E-state index is 6.27. The molecule has 0 saturated carbocycles. The van der Waals surface area contributed by atoms with Gasteiger partial charge in [0.05, 0.1) is 0 Å². The predicted octanol–water partition coefficient (Wildman–Crippen LogP) is 13.9. The number of thiophene rings is 1. The lowest BCUT2D eigenvalue weighted by atomic mass is 10.0. The van der Waals surface area contributed by atoms with Crippen molar-refractivity contribution in [3.8, 4) is 22.3 Å². The zero-order chi connectivity index (χ0) is 32.3. The van der Waals surface area contributed by atoms with Gasteiger partial charge in [0.2, 0.25) is 0 Å². The van der Waals surface area contributed by atoms with Gasteiger partial charge < -0.3 is 9.32 Å². The van der Waals surface area contributed by atoms with Crippen LogP contribution in [0.3, 0.4) is 0 Å². The Morgan fingerprint density at radius 1 is 0.388 bits per heavy atom. The van der Waals surface area contributed by atoms with Gasteiger partial charge in [-0.15, -0.1) is 11.3 Å². The fraction of sp³-hybridized carbons (Fsp3) is 0. The molecule has 49 heavy (non-hydrogen) atoms.